The second kappa shape index (κ2) is 18.9. The molecule has 21 heteroatoms. The number of pyridine rings is 2. The number of halogens is 1. The summed E-state index contributed by atoms with van der Waals surface area (Å²) in [6.07, 6.45) is 0.0564. The normalized spacial score (nSPS) is 18.6. The summed E-state index contributed by atoms with van der Waals surface area (Å²) >= 11 is 0. The Labute approximate surface area is 381 Å². The monoisotopic (exact) mass is 924 g/mol. The topological polar surface area (TPSA) is 288 Å². The lowest BCUT2D eigenvalue weighted by Crippen LogP contribution is -2.52. The molecule has 20 nitrogen and oxygen atoms in total. The van der Waals surface area contributed by atoms with E-state index in [0.29, 0.717) is 70.2 Å². The van der Waals surface area contributed by atoms with Crippen LogP contribution in [0.5, 0.6) is 0 Å². The Morgan fingerprint density at radius 1 is 0.970 bits per heavy atom. The lowest BCUT2D eigenvalue weighted by molar-refractivity contribution is -0.172. The molecule has 0 radical (unpaired) electrons. The van der Waals surface area contributed by atoms with E-state index in [-0.39, 0.29) is 49.8 Å². The summed E-state index contributed by atoms with van der Waals surface area (Å²) < 4.78 is 32.5. The molecular formula is C46H49FN8O12. The number of benzene rings is 2. The number of carbonyl (C=O) groups excluding carboxylic acids is 7. The summed E-state index contributed by atoms with van der Waals surface area (Å²) in [6.45, 7) is 0.915. The highest BCUT2D eigenvalue weighted by Gasteiger charge is 2.46. The molecule has 67 heavy (non-hydrogen) atoms. The van der Waals surface area contributed by atoms with Crippen LogP contribution >= 0.6 is 0 Å². The van der Waals surface area contributed by atoms with Crippen molar-refractivity contribution >= 4 is 52.5 Å². The Bertz CT molecular complexity index is 2780. The van der Waals surface area contributed by atoms with Crippen molar-refractivity contribution in [2.45, 2.75) is 89.3 Å². The molecule has 8 rings (SSSR count). The summed E-state index contributed by atoms with van der Waals surface area (Å²) in [5, 5.41) is 25.0. The van der Waals surface area contributed by atoms with Crippen LogP contribution in [0.3, 0.4) is 0 Å². The van der Waals surface area contributed by atoms with E-state index < -0.39 is 96.5 Å². The fraction of sp³-hybridized carbons (Fsp3) is 0.413. The maximum absolute atomic E-state index is 15.4. The van der Waals surface area contributed by atoms with Crippen LogP contribution in [-0.2, 0) is 74.6 Å². The number of carbonyl (C=O) groups is 7. The van der Waals surface area contributed by atoms with Gasteiger partial charge in [-0.15, -0.1) is 0 Å². The minimum atomic E-state index is -2.05. The molecule has 2 aliphatic carbocycles. The first kappa shape index (κ1) is 46.3. The maximum atomic E-state index is 15.4. The number of nitrogens with one attached hydrogen (secondary N) is 5. The van der Waals surface area contributed by atoms with Gasteiger partial charge in [-0.25, -0.2) is 19.0 Å². The van der Waals surface area contributed by atoms with Crippen molar-refractivity contribution < 1.29 is 57.3 Å². The number of ether oxygens (including phenoxy) is 3. The van der Waals surface area contributed by atoms with Gasteiger partial charge in [-0.05, 0) is 73.3 Å². The van der Waals surface area contributed by atoms with E-state index in [2.05, 4.69) is 31.3 Å². The molecule has 4 aliphatic rings. The zero-order valence-corrected chi connectivity index (χ0v) is 36.6. The summed E-state index contributed by atoms with van der Waals surface area (Å²) in [6, 6.07) is 9.90. The minimum absolute atomic E-state index is 0.0425. The SMILES string of the molecule is CC[C@@]1(O)C(=O)OCc2c1cc1n(c2=O)Cc2c-1nc1cc(F)c(C)c3c1c2[C@@H](NC(=O)[C@H](OCNC(=O)CNC(=O)[C@H](Cc1ccccc1)NC(=O)CNC(=O)COC(N)=O)C1CC1)CC3. The van der Waals surface area contributed by atoms with E-state index in [1.54, 1.807) is 50.2 Å². The molecule has 4 heterocycles. The standard InChI is InChI=1S/C46H49FN8O12/c1-3-46(64)28-14-33-39-26(18-55(33)43(61)27(28)19-65-44(46)62)38-30(12-11-25-22(2)29(47)15-31(53-39)37(25)38)54-42(60)40(24-9-10-24)67-21-51-34(56)16-50-41(59)32(13-23-7-5-4-6-8-23)52-35(57)17-49-36(58)20-66-45(48)63/h4-8,14-15,24,30,32,40,64H,3,9-13,16-21H2,1-2H3,(H2,48,63)(H,49,58)(H,50,59)(H,51,56)(H,52,57)(H,54,60)/t30-,32-,40+,46-/m0/s1. The Hall–Kier alpha value is -7.26. The first-order valence-corrected chi connectivity index (χ1v) is 21.9. The quantitative estimate of drug-likeness (QED) is 0.0496. The highest BCUT2D eigenvalue weighted by Crippen LogP contribution is 2.46. The van der Waals surface area contributed by atoms with E-state index in [0.717, 1.165) is 5.56 Å². The summed E-state index contributed by atoms with van der Waals surface area (Å²) in [4.78, 5) is 107. The van der Waals surface area contributed by atoms with Gasteiger partial charge in [-0.2, -0.15) is 0 Å². The average Bonchev–Trinajstić information content (AvgIpc) is 4.09. The zero-order chi connectivity index (χ0) is 47.7. The van der Waals surface area contributed by atoms with Gasteiger partial charge in [0, 0.05) is 29.0 Å². The molecule has 6 amide bonds. The van der Waals surface area contributed by atoms with Gasteiger partial charge >= 0.3 is 12.1 Å². The first-order chi connectivity index (χ1) is 32.1. The molecule has 1 fully saturated rings. The highest BCUT2D eigenvalue weighted by atomic mass is 19.1. The smallest absolute Gasteiger partial charge is 0.405 e. The highest BCUT2D eigenvalue weighted by molar-refractivity contribution is 5.95. The van der Waals surface area contributed by atoms with Crippen molar-refractivity contribution in [2.24, 2.45) is 11.7 Å². The number of nitrogens with zero attached hydrogens (tertiary/aromatic N) is 2. The van der Waals surface area contributed by atoms with E-state index in [4.69, 9.17) is 20.2 Å². The number of aliphatic hydroxyl groups is 1. The largest absolute Gasteiger partial charge is 0.458 e. The molecule has 2 aromatic heterocycles. The number of hydrogen-bond acceptors (Lipinski definition) is 13. The molecular weight excluding hydrogens is 876 g/mol. The van der Waals surface area contributed by atoms with Gasteiger partial charge in [0.15, 0.2) is 12.2 Å². The molecule has 352 valence electrons. The van der Waals surface area contributed by atoms with Crippen LogP contribution in [0.15, 0.2) is 47.3 Å². The summed E-state index contributed by atoms with van der Waals surface area (Å²) in [5.41, 5.74) is 6.87. The van der Waals surface area contributed by atoms with E-state index in [1.807, 2.05) is 0 Å². The average molecular weight is 925 g/mol. The fourth-order valence-electron chi connectivity index (χ4n) is 9.01. The molecule has 4 aromatic rings. The van der Waals surface area contributed by atoms with Crippen molar-refractivity contribution in [1.82, 2.24) is 36.1 Å². The lowest BCUT2D eigenvalue weighted by atomic mass is 9.81. The van der Waals surface area contributed by atoms with Gasteiger partial charge in [-0.3, -0.25) is 28.8 Å². The number of fused-ring (bicyclic) bond motifs is 5. The molecule has 8 N–H and O–H groups in total. The Morgan fingerprint density at radius 2 is 1.72 bits per heavy atom. The van der Waals surface area contributed by atoms with Crippen LogP contribution < -0.4 is 37.9 Å². The van der Waals surface area contributed by atoms with Crippen LogP contribution in [0.25, 0.3) is 22.3 Å². The minimum Gasteiger partial charge on any atom is -0.458 e. The zero-order valence-electron chi connectivity index (χ0n) is 36.6. The number of primary amides is 1. The molecule has 0 spiro atoms. The molecule has 0 bridgehead atoms. The number of rotatable bonds is 17. The van der Waals surface area contributed by atoms with E-state index in [1.165, 1.54) is 10.6 Å². The number of hydrogen-bond donors (Lipinski definition) is 7. The summed E-state index contributed by atoms with van der Waals surface area (Å²) in [5.74, 6) is -4.79. The third-order valence-electron chi connectivity index (χ3n) is 12.7. The van der Waals surface area contributed by atoms with Gasteiger partial charge in [-0.1, -0.05) is 37.3 Å². The predicted octanol–water partition coefficient (Wildman–Crippen LogP) is 0.555. The Morgan fingerprint density at radius 3 is 2.43 bits per heavy atom. The van der Waals surface area contributed by atoms with E-state index >= 15 is 4.39 Å². The van der Waals surface area contributed by atoms with Crippen LogP contribution in [0.2, 0.25) is 0 Å². The third-order valence-corrected chi connectivity index (χ3v) is 12.7. The van der Waals surface area contributed by atoms with Crippen molar-refractivity contribution in [3.8, 4) is 11.4 Å². The Balaban J connectivity index is 0.938. The van der Waals surface area contributed by atoms with Crippen LogP contribution in [0, 0.1) is 18.7 Å². The van der Waals surface area contributed by atoms with Crippen molar-refractivity contribution in [3.05, 3.63) is 97.6 Å². The van der Waals surface area contributed by atoms with Gasteiger partial charge in [0.25, 0.3) is 11.5 Å². The summed E-state index contributed by atoms with van der Waals surface area (Å²) in [7, 11) is 0. The van der Waals surface area contributed by atoms with Crippen LogP contribution in [0.1, 0.15) is 77.6 Å². The second-order valence-corrected chi connectivity index (χ2v) is 17.0. The van der Waals surface area contributed by atoms with Crippen molar-refractivity contribution in [3.63, 3.8) is 0 Å². The van der Waals surface area contributed by atoms with Crippen LogP contribution in [0.4, 0.5) is 9.18 Å². The number of cyclic esters (lactones) is 1. The molecule has 2 aromatic carbocycles. The second-order valence-electron chi connectivity index (χ2n) is 17.0. The number of aryl methyl sites for hydroxylation is 1. The molecule has 2 aliphatic heterocycles. The molecule has 1 saturated carbocycles. The van der Waals surface area contributed by atoms with E-state index in [9.17, 15) is 43.5 Å². The van der Waals surface area contributed by atoms with Crippen LogP contribution in [-0.4, -0.2) is 94.8 Å². The third kappa shape index (κ3) is 9.41. The fourth-order valence-corrected chi connectivity index (χ4v) is 9.01. The number of aromatic nitrogens is 2. The number of amides is 6. The Kier molecular flexibility index (Phi) is 13.1. The maximum Gasteiger partial charge on any atom is 0.405 e. The molecule has 0 saturated heterocycles. The number of nitrogens with two attached hydrogens (primary N) is 1. The molecule has 0 unspecified atom stereocenters. The number of esters is 1. The molecule has 4 atom stereocenters. The van der Waals surface area contributed by atoms with Gasteiger partial charge in [0.2, 0.25) is 23.6 Å². The van der Waals surface area contributed by atoms with Gasteiger partial charge < -0.3 is 56.2 Å². The van der Waals surface area contributed by atoms with Gasteiger partial charge in [0.1, 0.15) is 31.3 Å². The lowest BCUT2D eigenvalue weighted by Gasteiger charge is -2.31. The van der Waals surface area contributed by atoms with Crippen molar-refractivity contribution in [2.75, 3.05) is 26.4 Å². The first-order valence-electron chi connectivity index (χ1n) is 21.9. The van der Waals surface area contributed by atoms with Gasteiger partial charge in [0.05, 0.1) is 48.1 Å². The predicted molar refractivity (Wildman–Crippen MR) is 233 cm³/mol. The van der Waals surface area contributed by atoms with Crippen molar-refractivity contribution in [1.29, 1.82) is 0 Å².